The summed E-state index contributed by atoms with van der Waals surface area (Å²) in [5, 5.41) is 0. The molecule has 0 aliphatic carbocycles. The van der Waals surface area contributed by atoms with Crippen molar-refractivity contribution in [1.82, 2.24) is 4.98 Å². The van der Waals surface area contributed by atoms with E-state index in [-0.39, 0.29) is 6.04 Å². The maximum absolute atomic E-state index is 6.04. The fourth-order valence-corrected chi connectivity index (χ4v) is 1.83. The molecule has 0 amide bonds. The highest BCUT2D eigenvalue weighted by molar-refractivity contribution is 5.76. The Bertz CT molecular complexity index is 493. The van der Waals surface area contributed by atoms with E-state index < -0.39 is 0 Å². The van der Waals surface area contributed by atoms with E-state index in [1.54, 1.807) is 7.11 Å². The third-order valence-electron chi connectivity index (χ3n) is 2.81. The van der Waals surface area contributed by atoms with Crippen molar-refractivity contribution in [3.8, 4) is 0 Å². The second-order valence-corrected chi connectivity index (χ2v) is 4.22. The molecule has 0 bridgehead atoms. The van der Waals surface area contributed by atoms with E-state index in [2.05, 4.69) is 4.98 Å². The first-order chi connectivity index (χ1) is 8.22. The average molecular weight is 234 g/mol. The lowest BCUT2D eigenvalue weighted by atomic mass is 10.2. The summed E-state index contributed by atoms with van der Waals surface area (Å²) in [6.07, 6.45) is 1.73. The second kappa shape index (κ2) is 5.29. The summed E-state index contributed by atoms with van der Waals surface area (Å²) >= 11 is 0. The summed E-state index contributed by atoms with van der Waals surface area (Å²) < 4.78 is 10.7. The molecule has 1 unspecified atom stereocenters. The molecule has 1 heterocycles. The molecule has 0 aliphatic heterocycles. The number of hydrogen-bond acceptors (Lipinski definition) is 4. The van der Waals surface area contributed by atoms with Gasteiger partial charge in [-0.3, -0.25) is 0 Å². The number of nitrogens with zero attached hydrogens (tertiary/aromatic N) is 1. The lowest BCUT2D eigenvalue weighted by molar-refractivity contribution is 0.189. The zero-order valence-corrected chi connectivity index (χ0v) is 10.3. The van der Waals surface area contributed by atoms with Crippen molar-refractivity contribution in [1.29, 1.82) is 0 Å². The molecule has 2 N–H and O–H groups in total. The van der Waals surface area contributed by atoms with Crippen LogP contribution in [0.15, 0.2) is 22.6 Å². The maximum Gasteiger partial charge on any atom is 0.212 e. The number of aromatic nitrogens is 1. The summed E-state index contributed by atoms with van der Waals surface area (Å²) in [7, 11) is 1.69. The summed E-state index contributed by atoms with van der Waals surface area (Å²) in [6.45, 7) is 2.72. The number of fused-ring (bicyclic) bond motifs is 1. The molecule has 0 saturated heterocycles. The number of methoxy groups -OCH3 is 1. The van der Waals surface area contributed by atoms with E-state index in [4.69, 9.17) is 14.9 Å². The third kappa shape index (κ3) is 2.65. The Labute approximate surface area is 101 Å². The molecular weight excluding hydrogens is 216 g/mol. The van der Waals surface area contributed by atoms with E-state index in [1.807, 2.05) is 25.1 Å². The van der Waals surface area contributed by atoms with Crippen LogP contribution in [0.1, 0.15) is 30.3 Å². The van der Waals surface area contributed by atoms with Gasteiger partial charge in [0.05, 0.1) is 6.04 Å². The Morgan fingerprint density at radius 1 is 1.47 bits per heavy atom. The molecule has 2 aromatic rings. The lowest BCUT2D eigenvalue weighted by Crippen LogP contribution is -2.11. The Balaban J connectivity index is 2.16. The molecule has 0 fully saturated rings. The average Bonchev–Trinajstić information content (AvgIpc) is 2.75. The van der Waals surface area contributed by atoms with E-state index in [0.29, 0.717) is 12.5 Å². The topological polar surface area (TPSA) is 61.3 Å². The lowest BCUT2D eigenvalue weighted by Gasteiger charge is -2.05. The predicted molar refractivity (Wildman–Crippen MR) is 66.8 cm³/mol. The number of para-hydroxylation sites is 1. The maximum atomic E-state index is 6.04. The normalized spacial score (nSPS) is 13.1. The molecule has 0 spiro atoms. The summed E-state index contributed by atoms with van der Waals surface area (Å²) in [5.74, 6) is 0.616. The first-order valence-corrected chi connectivity index (χ1v) is 5.83. The predicted octanol–water partition coefficient (Wildman–Crippen LogP) is 2.56. The molecule has 1 aromatic carbocycles. The third-order valence-corrected chi connectivity index (χ3v) is 2.81. The van der Waals surface area contributed by atoms with Gasteiger partial charge in [0, 0.05) is 13.7 Å². The summed E-state index contributed by atoms with van der Waals surface area (Å²) in [4.78, 5) is 4.42. The number of benzene rings is 1. The molecule has 0 saturated carbocycles. The van der Waals surface area contributed by atoms with E-state index >= 15 is 0 Å². The minimum atomic E-state index is -0.156. The van der Waals surface area contributed by atoms with Crippen LogP contribution in [0.2, 0.25) is 0 Å². The quantitative estimate of drug-likeness (QED) is 0.808. The monoisotopic (exact) mass is 234 g/mol. The van der Waals surface area contributed by atoms with Gasteiger partial charge in [-0.25, -0.2) is 4.98 Å². The van der Waals surface area contributed by atoms with Crippen molar-refractivity contribution < 1.29 is 9.15 Å². The molecule has 2 rings (SSSR count). The van der Waals surface area contributed by atoms with Crippen molar-refractivity contribution in [3.63, 3.8) is 0 Å². The molecule has 1 atom stereocenters. The van der Waals surface area contributed by atoms with Gasteiger partial charge in [0.25, 0.3) is 0 Å². The fraction of sp³-hybridized carbons (Fsp3) is 0.462. The molecule has 92 valence electrons. The zero-order chi connectivity index (χ0) is 12.3. The molecule has 1 aromatic heterocycles. The van der Waals surface area contributed by atoms with Gasteiger partial charge in [-0.2, -0.15) is 0 Å². The standard InChI is InChI=1S/C13H18N2O2/c1-9-5-3-7-11-12(9)17-13(15-11)10(14)6-4-8-16-2/h3,5,7,10H,4,6,8,14H2,1-2H3. The molecule has 4 heteroatoms. The minimum absolute atomic E-state index is 0.156. The van der Waals surface area contributed by atoms with Crippen molar-refractivity contribution in [3.05, 3.63) is 29.7 Å². The highest BCUT2D eigenvalue weighted by atomic mass is 16.5. The molecule has 4 nitrogen and oxygen atoms in total. The molecule has 17 heavy (non-hydrogen) atoms. The van der Waals surface area contributed by atoms with Crippen molar-refractivity contribution in [2.45, 2.75) is 25.8 Å². The Kier molecular flexibility index (Phi) is 3.76. The van der Waals surface area contributed by atoms with Gasteiger partial charge in [-0.15, -0.1) is 0 Å². The van der Waals surface area contributed by atoms with Crippen molar-refractivity contribution in [2.75, 3.05) is 13.7 Å². The minimum Gasteiger partial charge on any atom is -0.439 e. The van der Waals surface area contributed by atoms with Crippen LogP contribution in [-0.4, -0.2) is 18.7 Å². The van der Waals surface area contributed by atoms with Crippen LogP contribution in [-0.2, 0) is 4.74 Å². The van der Waals surface area contributed by atoms with Gasteiger partial charge in [0.1, 0.15) is 5.52 Å². The van der Waals surface area contributed by atoms with Gasteiger partial charge in [-0.05, 0) is 31.4 Å². The fourth-order valence-electron chi connectivity index (χ4n) is 1.83. The highest BCUT2D eigenvalue weighted by Crippen LogP contribution is 2.23. The first-order valence-electron chi connectivity index (χ1n) is 5.83. The number of oxazole rings is 1. The van der Waals surface area contributed by atoms with Crippen LogP contribution >= 0.6 is 0 Å². The number of nitrogens with two attached hydrogens (primary N) is 1. The van der Waals surface area contributed by atoms with E-state index in [9.17, 15) is 0 Å². The van der Waals surface area contributed by atoms with Crippen molar-refractivity contribution >= 4 is 11.1 Å². The number of ether oxygens (including phenoxy) is 1. The molecule has 0 radical (unpaired) electrons. The zero-order valence-electron chi connectivity index (χ0n) is 10.3. The van der Waals surface area contributed by atoms with Gasteiger partial charge < -0.3 is 14.9 Å². The van der Waals surface area contributed by atoms with Crippen LogP contribution in [0.25, 0.3) is 11.1 Å². The van der Waals surface area contributed by atoms with Crippen molar-refractivity contribution in [2.24, 2.45) is 5.73 Å². The van der Waals surface area contributed by atoms with E-state index in [0.717, 1.165) is 29.5 Å². The number of rotatable bonds is 5. The number of aryl methyl sites for hydroxylation is 1. The molecular formula is C13H18N2O2. The molecule has 0 aliphatic rings. The van der Waals surface area contributed by atoms with Gasteiger partial charge >= 0.3 is 0 Å². The number of hydrogen-bond donors (Lipinski definition) is 1. The van der Waals surface area contributed by atoms with Crippen LogP contribution < -0.4 is 5.73 Å². The second-order valence-electron chi connectivity index (χ2n) is 4.22. The van der Waals surface area contributed by atoms with Crippen LogP contribution in [0.5, 0.6) is 0 Å². The first kappa shape index (κ1) is 12.1. The van der Waals surface area contributed by atoms with E-state index in [1.165, 1.54) is 0 Å². The highest BCUT2D eigenvalue weighted by Gasteiger charge is 2.14. The Morgan fingerprint density at radius 3 is 3.00 bits per heavy atom. The SMILES string of the molecule is COCCCC(N)c1nc2cccc(C)c2o1. The van der Waals surface area contributed by atoms with Gasteiger partial charge in [0.2, 0.25) is 5.89 Å². The van der Waals surface area contributed by atoms with Gasteiger partial charge in [0.15, 0.2) is 5.58 Å². The van der Waals surface area contributed by atoms with Crippen LogP contribution in [0, 0.1) is 6.92 Å². The summed E-state index contributed by atoms with van der Waals surface area (Å²) in [6, 6.07) is 5.77. The summed E-state index contributed by atoms with van der Waals surface area (Å²) in [5.41, 5.74) is 8.84. The van der Waals surface area contributed by atoms with Gasteiger partial charge in [-0.1, -0.05) is 12.1 Å². The Morgan fingerprint density at radius 2 is 2.29 bits per heavy atom. The van der Waals surface area contributed by atoms with Crippen LogP contribution in [0.4, 0.5) is 0 Å². The Hall–Kier alpha value is -1.39. The smallest absolute Gasteiger partial charge is 0.212 e. The largest absolute Gasteiger partial charge is 0.439 e. The van der Waals surface area contributed by atoms with Crippen LogP contribution in [0.3, 0.4) is 0 Å².